The van der Waals surface area contributed by atoms with Gasteiger partial charge in [0.1, 0.15) is 0 Å². The summed E-state index contributed by atoms with van der Waals surface area (Å²) in [6, 6.07) is 7.69. The van der Waals surface area contributed by atoms with Crippen molar-refractivity contribution in [3.63, 3.8) is 0 Å². The Morgan fingerprint density at radius 2 is 2.13 bits per heavy atom. The molecule has 0 amide bonds. The highest BCUT2D eigenvalue weighted by atomic mass is 127. The molecule has 1 nitrogen and oxygen atoms in total. The second-order valence-electron chi connectivity index (χ2n) is 3.18. The van der Waals surface area contributed by atoms with Gasteiger partial charge in [0, 0.05) is 22.0 Å². The molecule has 15 heavy (non-hydrogen) atoms. The predicted octanol–water partition coefficient (Wildman–Crippen LogP) is 3.67. The van der Waals surface area contributed by atoms with Crippen molar-refractivity contribution in [3.05, 3.63) is 33.4 Å². The minimum Gasteiger partial charge on any atom is -0.294 e. The number of ketones is 1. The Balaban J connectivity index is 2.53. The number of benzene rings is 1. The zero-order valence-electron chi connectivity index (χ0n) is 8.72. The Bertz CT molecular complexity index is 398. The van der Waals surface area contributed by atoms with Crippen molar-refractivity contribution in [1.82, 2.24) is 0 Å². The highest BCUT2D eigenvalue weighted by Crippen LogP contribution is 2.14. The molecule has 1 aromatic rings. The van der Waals surface area contributed by atoms with Crippen LogP contribution >= 0.6 is 22.6 Å². The van der Waals surface area contributed by atoms with Gasteiger partial charge < -0.3 is 0 Å². The van der Waals surface area contributed by atoms with E-state index in [1.807, 2.05) is 31.2 Å². The van der Waals surface area contributed by atoms with Crippen LogP contribution < -0.4 is 0 Å². The molecule has 0 aliphatic carbocycles. The number of unbranched alkanes of at least 4 members (excludes halogenated alkanes) is 1. The molecule has 0 unspecified atom stereocenters. The number of halogens is 1. The maximum absolute atomic E-state index is 11.8. The zero-order chi connectivity index (χ0) is 11.1. The molecule has 0 saturated carbocycles. The fraction of sp³-hybridized carbons (Fsp3) is 0.308. The molecule has 0 heterocycles. The Morgan fingerprint density at radius 1 is 1.40 bits per heavy atom. The third-order valence-corrected chi connectivity index (χ3v) is 3.00. The van der Waals surface area contributed by atoms with E-state index in [1.165, 1.54) is 0 Å². The van der Waals surface area contributed by atoms with Crippen molar-refractivity contribution in [1.29, 1.82) is 0 Å². The van der Waals surface area contributed by atoms with Gasteiger partial charge in [0.15, 0.2) is 5.78 Å². The molecule has 0 aromatic heterocycles. The van der Waals surface area contributed by atoms with Crippen molar-refractivity contribution in [3.8, 4) is 11.8 Å². The number of hydrogen-bond donors (Lipinski definition) is 0. The molecule has 0 saturated heterocycles. The first-order chi connectivity index (χ1) is 7.25. The lowest BCUT2D eigenvalue weighted by molar-refractivity contribution is 0.0979. The van der Waals surface area contributed by atoms with E-state index in [9.17, 15) is 4.79 Å². The minimum atomic E-state index is 0.220. The number of hydrogen-bond acceptors (Lipinski definition) is 1. The summed E-state index contributed by atoms with van der Waals surface area (Å²) < 4.78 is 1.03. The van der Waals surface area contributed by atoms with Crippen LogP contribution in [0.3, 0.4) is 0 Å². The molecule has 2 heteroatoms. The summed E-state index contributed by atoms with van der Waals surface area (Å²) in [5.41, 5.74) is 0.836. The summed E-state index contributed by atoms with van der Waals surface area (Å²) in [5.74, 6) is 6.02. The Morgan fingerprint density at radius 3 is 2.80 bits per heavy atom. The van der Waals surface area contributed by atoms with Crippen LogP contribution in [0.1, 0.15) is 36.5 Å². The average Bonchev–Trinajstić information content (AvgIpc) is 2.25. The molecule has 0 radical (unpaired) electrons. The maximum Gasteiger partial charge on any atom is 0.163 e. The van der Waals surface area contributed by atoms with Crippen molar-refractivity contribution < 1.29 is 4.79 Å². The fourth-order valence-electron chi connectivity index (χ4n) is 1.28. The average molecular weight is 312 g/mol. The van der Waals surface area contributed by atoms with Crippen LogP contribution in [0, 0.1) is 15.4 Å². The standard InChI is InChI=1S/C13H13IO/c1-2-3-4-5-10-13(15)11-8-6-7-9-12(11)14/h6-9H,4-5,10H2,1H3. The van der Waals surface area contributed by atoms with Crippen molar-refractivity contribution in [2.75, 3.05) is 0 Å². The van der Waals surface area contributed by atoms with E-state index in [1.54, 1.807) is 0 Å². The molecular formula is C13H13IO. The van der Waals surface area contributed by atoms with E-state index in [-0.39, 0.29) is 5.78 Å². The van der Waals surface area contributed by atoms with Gasteiger partial charge in [-0.05, 0) is 42.0 Å². The SMILES string of the molecule is CC#CCCCC(=O)c1ccccc1I. The summed E-state index contributed by atoms with van der Waals surface area (Å²) in [7, 11) is 0. The summed E-state index contributed by atoms with van der Waals surface area (Å²) in [6.45, 7) is 1.82. The molecule has 0 bridgehead atoms. The fourth-order valence-corrected chi connectivity index (χ4v) is 1.97. The summed E-state index contributed by atoms with van der Waals surface area (Å²) in [6.07, 6.45) is 2.25. The molecule has 0 aliphatic heterocycles. The lowest BCUT2D eigenvalue weighted by Gasteiger charge is -2.01. The van der Waals surface area contributed by atoms with Crippen LogP contribution in [0.5, 0.6) is 0 Å². The second-order valence-corrected chi connectivity index (χ2v) is 4.35. The highest BCUT2D eigenvalue weighted by Gasteiger charge is 2.07. The lowest BCUT2D eigenvalue weighted by Crippen LogP contribution is -2.00. The second kappa shape index (κ2) is 6.62. The normalized spacial score (nSPS) is 9.20. The van der Waals surface area contributed by atoms with Gasteiger partial charge >= 0.3 is 0 Å². The van der Waals surface area contributed by atoms with Crippen LogP contribution in [-0.2, 0) is 0 Å². The highest BCUT2D eigenvalue weighted by molar-refractivity contribution is 14.1. The van der Waals surface area contributed by atoms with Gasteiger partial charge in [-0.3, -0.25) is 4.79 Å². The van der Waals surface area contributed by atoms with Crippen LogP contribution in [0.4, 0.5) is 0 Å². The molecule has 0 fully saturated rings. The quantitative estimate of drug-likeness (QED) is 0.359. The van der Waals surface area contributed by atoms with Gasteiger partial charge in [0.05, 0.1) is 0 Å². The number of carbonyl (C=O) groups excluding carboxylic acids is 1. The smallest absolute Gasteiger partial charge is 0.163 e. The molecule has 1 rings (SSSR count). The van der Waals surface area contributed by atoms with E-state index in [0.717, 1.165) is 22.0 Å². The van der Waals surface area contributed by atoms with E-state index in [4.69, 9.17) is 0 Å². The molecule has 1 aromatic carbocycles. The van der Waals surface area contributed by atoms with Gasteiger partial charge in [-0.2, -0.15) is 0 Å². The monoisotopic (exact) mass is 312 g/mol. The Kier molecular flexibility index (Phi) is 5.41. The summed E-state index contributed by atoms with van der Waals surface area (Å²) >= 11 is 2.20. The molecular weight excluding hydrogens is 299 g/mol. The number of Topliss-reactive ketones (excluding diaryl/α,β-unsaturated/α-hetero) is 1. The lowest BCUT2D eigenvalue weighted by atomic mass is 10.1. The first-order valence-corrected chi connectivity index (χ1v) is 6.01. The largest absolute Gasteiger partial charge is 0.294 e. The van der Waals surface area contributed by atoms with Crippen molar-refractivity contribution in [2.24, 2.45) is 0 Å². The van der Waals surface area contributed by atoms with Gasteiger partial charge in [0.25, 0.3) is 0 Å². The van der Waals surface area contributed by atoms with E-state index in [2.05, 4.69) is 34.4 Å². The third kappa shape index (κ3) is 4.05. The maximum atomic E-state index is 11.8. The third-order valence-electron chi connectivity index (χ3n) is 2.06. The van der Waals surface area contributed by atoms with Crippen LogP contribution in [0.2, 0.25) is 0 Å². The van der Waals surface area contributed by atoms with Crippen LogP contribution in [-0.4, -0.2) is 5.78 Å². The molecule has 78 valence electrons. The zero-order valence-corrected chi connectivity index (χ0v) is 10.9. The summed E-state index contributed by atoms with van der Waals surface area (Å²) in [5, 5.41) is 0. The molecule has 0 aliphatic rings. The number of carbonyl (C=O) groups is 1. The van der Waals surface area contributed by atoms with Crippen molar-refractivity contribution >= 4 is 28.4 Å². The van der Waals surface area contributed by atoms with Gasteiger partial charge in [-0.1, -0.05) is 18.2 Å². The topological polar surface area (TPSA) is 17.1 Å². The Labute approximate surface area is 104 Å². The number of rotatable bonds is 4. The van der Waals surface area contributed by atoms with Crippen LogP contribution in [0.25, 0.3) is 0 Å². The predicted molar refractivity (Wildman–Crippen MR) is 70.8 cm³/mol. The van der Waals surface area contributed by atoms with Gasteiger partial charge in [-0.15, -0.1) is 11.8 Å². The van der Waals surface area contributed by atoms with E-state index < -0.39 is 0 Å². The Hall–Kier alpha value is -0.820. The van der Waals surface area contributed by atoms with Crippen molar-refractivity contribution in [2.45, 2.75) is 26.2 Å². The first-order valence-electron chi connectivity index (χ1n) is 4.93. The first kappa shape index (κ1) is 12.3. The molecule has 0 atom stereocenters. The molecule has 0 spiro atoms. The van der Waals surface area contributed by atoms with E-state index >= 15 is 0 Å². The minimum absolute atomic E-state index is 0.220. The van der Waals surface area contributed by atoms with Crippen LogP contribution in [0.15, 0.2) is 24.3 Å². The molecule has 0 N–H and O–H groups in total. The van der Waals surface area contributed by atoms with Gasteiger partial charge in [-0.25, -0.2) is 0 Å². The van der Waals surface area contributed by atoms with E-state index in [0.29, 0.717) is 6.42 Å². The summed E-state index contributed by atoms with van der Waals surface area (Å²) in [4.78, 5) is 11.8. The van der Waals surface area contributed by atoms with Gasteiger partial charge in [0.2, 0.25) is 0 Å².